The summed E-state index contributed by atoms with van der Waals surface area (Å²) in [5.41, 5.74) is 4.13. The third-order valence-electron chi connectivity index (χ3n) is 5.87. The van der Waals surface area contributed by atoms with Crippen molar-refractivity contribution in [3.8, 4) is 22.4 Å². The number of fused-ring (bicyclic) bond motifs is 4. The Morgan fingerprint density at radius 3 is 2.53 bits per heavy atom. The van der Waals surface area contributed by atoms with Crippen LogP contribution in [0.1, 0.15) is 22.8 Å². The molecular formula is C23H18ClN3O3. The van der Waals surface area contributed by atoms with Crippen LogP contribution in [0.3, 0.4) is 0 Å². The molecule has 1 aliphatic carbocycles. The van der Waals surface area contributed by atoms with Crippen LogP contribution in [0, 0.1) is 6.92 Å². The molecule has 0 saturated carbocycles. The summed E-state index contributed by atoms with van der Waals surface area (Å²) in [6.45, 7) is 1.90. The van der Waals surface area contributed by atoms with E-state index in [4.69, 9.17) is 16.6 Å². The third kappa shape index (κ3) is 2.38. The molecule has 150 valence electrons. The van der Waals surface area contributed by atoms with Crippen LogP contribution in [0.5, 0.6) is 0 Å². The van der Waals surface area contributed by atoms with Gasteiger partial charge >= 0.3 is 5.69 Å². The van der Waals surface area contributed by atoms with E-state index in [-0.39, 0.29) is 11.0 Å². The predicted octanol–water partition coefficient (Wildman–Crippen LogP) is 3.32. The maximum Gasteiger partial charge on any atom is 0.332 e. The lowest BCUT2D eigenvalue weighted by atomic mass is 9.94. The minimum Gasteiger partial charge on any atom is -0.384 e. The van der Waals surface area contributed by atoms with Gasteiger partial charge < -0.3 is 5.11 Å². The minimum absolute atomic E-state index is 0.275. The first-order valence-electron chi connectivity index (χ1n) is 9.48. The van der Waals surface area contributed by atoms with Gasteiger partial charge in [-0.3, -0.25) is 13.9 Å². The molecule has 7 heteroatoms. The Morgan fingerprint density at radius 1 is 1.07 bits per heavy atom. The van der Waals surface area contributed by atoms with Gasteiger partial charge in [0.15, 0.2) is 5.65 Å². The van der Waals surface area contributed by atoms with Gasteiger partial charge in [0.05, 0.1) is 11.1 Å². The van der Waals surface area contributed by atoms with Crippen LogP contribution in [0.25, 0.3) is 33.4 Å². The Hall–Kier alpha value is -3.22. The first kappa shape index (κ1) is 18.8. The molecule has 1 N–H and O–H groups in total. The number of nitrogens with zero attached hydrogens (tertiary/aromatic N) is 3. The van der Waals surface area contributed by atoms with E-state index in [1.807, 2.05) is 43.3 Å². The van der Waals surface area contributed by atoms with E-state index >= 15 is 0 Å². The minimum atomic E-state index is -0.940. The zero-order chi connectivity index (χ0) is 21.3. The number of benzene rings is 2. The van der Waals surface area contributed by atoms with Crippen LogP contribution in [-0.4, -0.2) is 19.2 Å². The summed E-state index contributed by atoms with van der Waals surface area (Å²) in [6, 6.07) is 13.0. The average Bonchev–Trinajstić information content (AvgIpc) is 3.03. The second-order valence-corrected chi connectivity index (χ2v) is 8.01. The van der Waals surface area contributed by atoms with Crippen molar-refractivity contribution in [3.05, 3.63) is 85.0 Å². The molecule has 0 aliphatic heterocycles. The van der Waals surface area contributed by atoms with Gasteiger partial charge in [-0.1, -0.05) is 48.0 Å². The molecule has 0 spiro atoms. The van der Waals surface area contributed by atoms with E-state index in [0.717, 1.165) is 21.3 Å². The quantitative estimate of drug-likeness (QED) is 0.513. The summed E-state index contributed by atoms with van der Waals surface area (Å²) in [6.07, 6.45) is -0.940. The summed E-state index contributed by atoms with van der Waals surface area (Å²) >= 11 is 6.40. The van der Waals surface area contributed by atoms with Crippen molar-refractivity contribution in [2.24, 2.45) is 14.1 Å². The Kier molecular flexibility index (Phi) is 4.00. The Labute approximate surface area is 176 Å². The molecule has 2 heterocycles. The van der Waals surface area contributed by atoms with Crippen molar-refractivity contribution in [1.82, 2.24) is 14.1 Å². The second kappa shape index (κ2) is 6.39. The number of halogens is 1. The standard InChI is InChI=1S/C23H18ClN3O3/c1-11-8-9-12(10-15(11)24)16-17-19(13-6-4-5-7-14(13)20(17)28)25-21-18(16)22(29)27(3)23(30)26(21)2/h4-10,20,28H,1-3H3/t20-/m0/s1. The van der Waals surface area contributed by atoms with E-state index in [9.17, 15) is 14.7 Å². The van der Waals surface area contributed by atoms with Crippen molar-refractivity contribution < 1.29 is 5.11 Å². The molecule has 0 radical (unpaired) electrons. The normalized spacial score (nSPS) is 14.8. The van der Waals surface area contributed by atoms with Gasteiger partial charge in [-0.2, -0.15) is 0 Å². The number of aryl methyl sites for hydroxylation is 2. The molecule has 0 unspecified atom stereocenters. The number of aliphatic hydroxyl groups is 1. The van der Waals surface area contributed by atoms with Crippen molar-refractivity contribution in [2.45, 2.75) is 13.0 Å². The molecule has 2 aromatic carbocycles. The van der Waals surface area contributed by atoms with Crippen LogP contribution >= 0.6 is 11.6 Å². The number of hydrogen-bond donors (Lipinski definition) is 1. The first-order chi connectivity index (χ1) is 14.3. The maximum absolute atomic E-state index is 13.2. The summed E-state index contributed by atoms with van der Waals surface area (Å²) in [5.74, 6) is 0. The van der Waals surface area contributed by atoms with Crippen LogP contribution in [0.15, 0.2) is 52.1 Å². The van der Waals surface area contributed by atoms with E-state index in [2.05, 4.69) is 0 Å². The van der Waals surface area contributed by atoms with Crippen molar-refractivity contribution in [1.29, 1.82) is 0 Å². The Bertz CT molecular complexity index is 1500. The Balaban J connectivity index is 2.06. The molecule has 6 nitrogen and oxygen atoms in total. The lowest BCUT2D eigenvalue weighted by Gasteiger charge is -2.17. The largest absolute Gasteiger partial charge is 0.384 e. The summed E-state index contributed by atoms with van der Waals surface area (Å²) in [4.78, 5) is 30.5. The first-order valence-corrected chi connectivity index (χ1v) is 9.86. The number of aliphatic hydroxyl groups excluding tert-OH is 1. The highest BCUT2D eigenvalue weighted by atomic mass is 35.5. The third-order valence-corrected chi connectivity index (χ3v) is 6.28. The summed E-state index contributed by atoms with van der Waals surface area (Å²) in [7, 11) is 3.03. The summed E-state index contributed by atoms with van der Waals surface area (Å²) < 4.78 is 2.42. The highest BCUT2D eigenvalue weighted by Gasteiger charge is 2.34. The van der Waals surface area contributed by atoms with Crippen LogP contribution in [0.2, 0.25) is 5.02 Å². The smallest absolute Gasteiger partial charge is 0.332 e. The van der Waals surface area contributed by atoms with Gasteiger partial charge in [0.1, 0.15) is 6.10 Å². The fourth-order valence-corrected chi connectivity index (χ4v) is 4.41. The molecular weight excluding hydrogens is 402 g/mol. The van der Waals surface area contributed by atoms with Gasteiger partial charge in [-0.25, -0.2) is 9.78 Å². The lowest BCUT2D eigenvalue weighted by Crippen LogP contribution is -2.37. The van der Waals surface area contributed by atoms with Gasteiger partial charge in [-0.15, -0.1) is 0 Å². The topological polar surface area (TPSA) is 77.1 Å². The SMILES string of the molecule is Cc1ccc(-c2c3c(nc4c2c(=O)n(C)c(=O)n4C)-c2ccccc2[C@@H]3O)cc1Cl. The number of hydrogen-bond acceptors (Lipinski definition) is 4. The van der Waals surface area contributed by atoms with Crippen molar-refractivity contribution in [3.63, 3.8) is 0 Å². The number of pyridine rings is 1. The average molecular weight is 420 g/mol. The van der Waals surface area contributed by atoms with Crippen molar-refractivity contribution >= 4 is 22.6 Å². The van der Waals surface area contributed by atoms with E-state index < -0.39 is 17.4 Å². The lowest BCUT2D eigenvalue weighted by molar-refractivity contribution is 0.225. The molecule has 4 aromatic rings. The molecule has 0 saturated heterocycles. The number of rotatable bonds is 1. The van der Waals surface area contributed by atoms with E-state index in [1.54, 1.807) is 13.1 Å². The molecule has 1 atom stereocenters. The Morgan fingerprint density at radius 2 is 1.80 bits per heavy atom. The zero-order valence-electron chi connectivity index (χ0n) is 16.6. The van der Waals surface area contributed by atoms with Crippen LogP contribution in [0.4, 0.5) is 0 Å². The highest BCUT2D eigenvalue weighted by Crippen LogP contribution is 2.48. The van der Waals surface area contributed by atoms with E-state index in [0.29, 0.717) is 27.4 Å². The zero-order valence-corrected chi connectivity index (χ0v) is 17.4. The van der Waals surface area contributed by atoms with Gasteiger partial charge in [0.25, 0.3) is 5.56 Å². The second-order valence-electron chi connectivity index (χ2n) is 7.61. The van der Waals surface area contributed by atoms with E-state index in [1.165, 1.54) is 11.6 Å². The molecule has 2 aromatic heterocycles. The van der Waals surface area contributed by atoms with Crippen LogP contribution in [-0.2, 0) is 14.1 Å². The molecule has 0 bridgehead atoms. The molecule has 5 rings (SSSR count). The number of aromatic nitrogens is 3. The fraction of sp³-hybridized carbons (Fsp3) is 0.174. The predicted molar refractivity (Wildman–Crippen MR) is 117 cm³/mol. The fourth-order valence-electron chi connectivity index (χ4n) is 4.23. The van der Waals surface area contributed by atoms with Crippen molar-refractivity contribution in [2.75, 3.05) is 0 Å². The molecule has 1 aliphatic rings. The molecule has 0 amide bonds. The highest BCUT2D eigenvalue weighted by molar-refractivity contribution is 6.31. The molecule has 0 fully saturated rings. The molecule has 30 heavy (non-hydrogen) atoms. The van der Waals surface area contributed by atoms with Gasteiger partial charge in [-0.05, 0) is 29.7 Å². The van der Waals surface area contributed by atoms with Gasteiger partial charge in [0.2, 0.25) is 0 Å². The van der Waals surface area contributed by atoms with Crippen LogP contribution < -0.4 is 11.2 Å². The monoisotopic (exact) mass is 419 g/mol. The van der Waals surface area contributed by atoms with Gasteiger partial charge in [0, 0.05) is 35.8 Å². The summed E-state index contributed by atoms with van der Waals surface area (Å²) in [5, 5.41) is 12.0. The maximum atomic E-state index is 13.2.